The number of anilines is 2. The molecule has 27 heteroatoms. The Labute approximate surface area is 339 Å². The van der Waals surface area contributed by atoms with Gasteiger partial charge in [-0.05, 0) is 16.7 Å². The molecule has 2 saturated heterocycles. The number of carbonyl (C=O) groups is 2. The number of aromatic amines is 1. The number of methoxy groups -OCH3 is 1. The highest BCUT2D eigenvalue weighted by Crippen LogP contribution is 2.50. The second kappa shape index (κ2) is 17.6. The second-order valence-corrected chi connectivity index (χ2v) is 16.7. The quantitative estimate of drug-likeness (QED) is 0.0666. The average molecular weight is 878 g/mol. The van der Waals surface area contributed by atoms with E-state index in [4.69, 9.17) is 35.3 Å². The van der Waals surface area contributed by atoms with E-state index in [1.165, 1.54) is 18.0 Å². The molecule has 21 nitrogen and oxygen atoms in total. The number of nitrogens with zero attached hydrogens (tertiary/aromatic N) is 7. The number of nitrogens with one attached hydrogen (secondary N) is 3. The highest BCUT2D eigenvalue weighted by molar-refractivity contribution is 8.39. The predicted octanol–water partition coefficient (Wildman–Crippen LogP) is 3.57. The summed E-state index contributed by atoms with van der Waals surface area (Å²) in [5.74, 6) is -1.60. The first-order valence-electron chi connectivity index (χ1n) is 17.6. The normalized spacial score (nSPS) is 25.7. The molecule has 2 amide bonds. The Balaban J connectivity index is 1.07. The number of hydrogen-bond acceptors (Lipinski definition) is 16. The van der Waals surface area contributed by atoms with Crippen molar-refractivity contribution in [2.24, 2.45) is 5.92 Å². The van der Waals surface area contributed by atoms with Crippen molar-refractivity contribution < 1.29 is 55.3 Å². The molecule has 0 spiro atoms. The molecule has 0 bridgehead atoms. The van der Waals surface area contributed by atoms with Crippen LogP contribution in [0.15, 0.2) is 54.1 Å². The van der Waals surface area contributed by atoms with Crippen molar-refractivity contribution in [1.29, 1.82) is 0 Å². The minimum atomic E-state index is -4.78. The molecule has 5 aromatic rings. The maximum Gasteiger partial charge on any atom is 0.582 e. The fraction of sp³-hybridized carbons (Fsp3) is 0.438. The van der Waals surface area contributed by atoms with Gasteiger partial charge in [0.25, 0.3) is 18.9 Å². The van der Waals surface area contributed by atoms with Crippen molar-refractivity contribution in [3.63, 3.8) is 0 Å². The highest BCUT2D eigenvalue weighted by Gasteiger charge is 2.53. The third-order valence-corrected chi connectivity index (χ3v) is 10.9. The van der Waals surface area contributed by atoms with E-state index in [1.807, 2.05) is 0 Å². The summed E-state index contributed by atoms with van der Waals surface area (Å²) >= 11 is 3.75. The molecular formula is C32H34BF2N10O11P2S+. The zero-order chi connectivity index (χ0) is 42.2. The Morgan fingerprint density at radius 1 is 0.983 bits per heavy atom. The molecule has 59 heavy (non-hydrogen) atoms. The lowest BCUT2D eigenvalue weighted by atomic mass is 10.1. The number of imidazole rings is 2. The number of carbonyl (C=O) groups excluding carboxylic acids is 2. The lowest BCUT2D eigenvalue weighted by Crippen LogP contribution is -2.35. The SMILES string of the molecule is [B]P(=O)(OC[C@H]1O[C@@H](n2cnc3c(NC(=O)c4ccccc4)ncnc32)[C@H](F)[C@@H]1O[P+](=O)S)O[C@H]1[C@@H](F)[C@H](n2cnc3c(=O)[nH]c(NC(=O)C(C)C)nc32)O[C@@H]1COC. The minimum Gasteiger partial charge on any atom is -0.382 e. The zero-order valence-corrected chi connectivity index (χ0v) is 33.7. The number of fused-ring (bicyclic) bond motifs is 2. The van der Waals surface area contributed by atoms with Gasteiger partial charge in [-0.2, -0.15) is 4.98 Å². The molecule has 3 N–H and O–H groups in total. The maximum absolute atomic E-state index is 16.3. The molecule has 2 fully saturated rings. The van der Waals surface area contributed by atoms with Crippen LogP contribution in [0.2, 0.25) is 0 Å². The maximum atomic E-state index is 16.3. The third-order valence-electron chi connectivity index (χ3n) is 9.14. The van der Waals surface area contributed by atoms with Gasteiger partial charge in [0, 0.05) is 18.6 Å². The molecule has 6 heterocycles. The van der Waals surface area contributed by atoms with Gasteiger partial charge in [0.1, 0.15) is 36.9 Å². The van der Waals surface area contributed by atoms with Crippen molar-refractivity contribution in [3.05, 3.63) is 65.2 Å². The number of thiol groups is 1. The van der Waals surface area contributed by atoms with Crippen LogP contribution in [0, 0.1) is 5.92 Å². The van der Waals surface area contributed by atoms with E-state index in [2.05, 4.69) is 52.8 Å². The highest BCUT2D eigenvalue weighted by atomic mass is 32.7. The summed E-state index contributed by atoms with van der Waals surface area (Å²) in [5.41, 5.74) is -0.625. The average Bonchev–Trinajstić information content (AvgIpc) is 3.96. The number of benzene rings is 1. The molecule has 10 atom stereocenters. The standard InChI is InChI=1S/C32H33BF2N10O11P2S/c1-14(2)27(46)42-32-41-26-21(29(48)43-32)39-13-45(26)31-19(35)23(16(53-31)9-51-3)56-58(33,50)52-10-17-22(55-57(49)59)18(34)30(54-17)44-12-38-20-24(36-11-37-25(20)44)40-28(47)15-7-5-4-6-8-15/h4-8,11-14,16-19,22-23,30-31H,9-10H2,1-3H3,(H3-,36,37,40,41,42,43,46,47,48,49,59)/p+1/t16-,17-,18-,19-,22-,23-,30-,31-,58?/m1/s1. The van der Waals surface area contributed by atoms with Crippen LogP contribution in [0.5, 0.6) is 0 Å². The topological polar surface area (TPSA) is 255 Å². The summed E-state index contributed by atoms with van der Waals surface area (Å²) in [4.78, 5) is 60.9. The molecule has 2 aliphatic rings. The number of amides is 2. The van der Waals surface area contributed by atoms with Crippen molar-refractivity contribution in [1.82, 2.24) is 39.0 Å². The second-order valence-electron chi connectivity index (χ2n) is 13.4. The smallest absolute Gasteiger partial charge is 0.382 e. The van der Waals surface area contributed by atoms with Crippen LogP contribution >= 0.6 is 27.0 Å². The van der Waals surface area contributed by atoms with Crippen LogP contribution in [-0.2, 0) is 41.7 Å². The number of halogens is 2. The van der Waals surface area contributed by atoms with Crippen LogP contribution in [0.1, 0.15) is 36.7 Å². The predicted molar refractivity (Wildman–Crippen MR) is 206 cm³/mol. The first-order valence-corrected chi connectivity index (χ1v) is 21.5. The Kier molecular flexibility index (Phi) is 12.7. The lowest BCUT2D eigenvalue weighted by molar-refractivity contribution is -0.118. The summed E-state index contributed by atoms with van der Waals surface area (Å²) in [6.45, 7) is 2.17. The van der Waals surface area contributed by atoms with E-state index >= 15 is 8.78 Å². The van der Waals surface area contributed by atoms with Gasteiger partial charge in [0.15, 0.2) is 59.0 Å². The van der Waals surface area contributed by atoms with Gasteiger partial charge in [0.05, 0.1) is 25.9 Å². The van der Waals surface area contributed by atoms with Crippen LogP contribution in [0.3, 0.4) is 0 Å². The molecule has 0 aliphatic carbocycles. The number of H-pyrrole nitrogens is 1. The third kappa shape index (κ3) is 8.98. The van der Waals surface area contributed by atoms with Crippen molar-refractivity contribution in [2.45, 2.75) is 63.1 Å². The van der Waals surface area contributed by atoms with Gasteiger partial charge in [-0.3, -0.25) is 38.4 Å². The summed E-state index contributed by atoms with van der Waals surface area (Å²) < 4.78 is 93.6. The summed E-state index contributed by atoms with van der Waals surface area (Å²) in [6.07, 6.45) is -10.1. The number of hydrogen-bond donors (Lipinski definition) is 4. The monoisotopic (exact) mass is 877 g/mol. The molecule has 2 aliphatic heterocycles. The molecule has 7 rings (SSSR count). The van der Waals surface area contributed by atoms with Crippen molar-refractivity contribution in [2.75, 3.05) is 31.0 Å². The van der Waals surface area contributed by atoms with Gasteiger partial charge in [-0.1, -0.05) is 32.0 Å². The summed E-state index contributed by atoms with van der Waals surface area (Å²) in [6, 6.07) is 8.30. The number of alkyl halides is 2. The van der Waals surface area contributed by atoms with Crippen LogP contribution < -0.4 is 16.2 Å². The zero-order valence-electron chi connectivity index (χ0n) is 31.0. The Morgan fingerprint density at radius 2 is 1.63 bits per heavy atom. The van der Waals surface area contributed by atoms with Crippen LogP contribution in [0.25, 0.3) is 22.3 Å². The minimum absolute atomic E-state index is 0.0189. The molecule has 4 aromatic heterocycles. The van der Waals surface area contributed by atoms with E-state index in [0.717, 1.165) is 17.2 Å². The fourth-order valence-corrected chi connectivity index (χ4v) is 8.13. The first kappa shape index (κ1) is 42.5. The largest absolute Gasteiger partial charge is 0.582 e. The first-order chi connectivity index (χ1) is 28.1. The van der Waals surface area contributed by atoms with Gasteiger partial charge < -0.3 is 28.6 Å². The van der Waals surface area contributed by atoms with E-state index in [9.17, 15) is 23.5 Å². The molecule has 2 radical (unpaired) electrons. The van der Waals surface area contributed by atoms with E-state index < -0.39 is 93.8 Å². The Bertz CT molecular complexity index is 2490. The van der Waals surface area contributed by atoms with Crippen molar-refractivity contribution >= 4 is 80.4 Å². The molecule has 1 aromatic carbocycles. The lowest BCUT2D eigenvalue weighted by Gasteiger charge is -2.25. The molecular weight excluding hydrogens is 843 g/mol. The van der Waals surface area contributed by atoms with Crippen LogP contribution in [-0.4, -0.2) is 116 Å². The van der Waals surface area contributed by atoms with Crippen molar-refractivity contribution in [3.8, 4) is 0 Å². The summed E-state index contributed by atoms with van der Waals surface area (Å²) in [5, 5.41) is 5.11. The number of rotatable bonds is 15. The molecule has 2 unspecified atom stereocenters. The molecule has 0 saturated carbocycles. The Morgan fingerprint density at radius 3 is 2.29 bits per heavy atom. The fourth-order valence-electron chi connectivity index (χ4n) is 6.33. The van der Waals surface area contributed by atoms with E-state index in [0.29, 0.717) is 5.56 Å². The van der Waals surface area contributed by atoms with Gasteiger partial charge in [-0.15, -0.1) is 4.52 Å². The van der Waals surface area contributed by atoms with E-state index in [1.54, 1.807) is 44.2 Å². The molecule has 310 valence electrons. The number of aromatic nitrogens is 8. The summed E-state index contributed by atoms with van der Waals surface area (Å²) in [7, 11) is -0.263. The van der Waals surface area contributed by atoms with Gasteiger partial charge in [0.2, 0.25) is 19.4 Å². The van der Waals surface area contributed by atoms with Gasteiger partial charge >= 0.3 is 7.23 Å². The Hall–Kier alpha value is -4.58. The van der Waals surface area contributed by atoms with E-state index in [-0.39, 0.29) is 40.7 Å². The van der Waals surface area contributed by atoms with Gasteiger partial charge in [-0.25, -0.2) is 28.7 Å². The number of ether oxygens (including phenoxy) is 3. The van der Waals surface area contributed by atoms with Crippen LogP contribution in [0.4, 0.5) is 20.5 Å².